The summed E-state index contributed by atoms with van der Waals surface area (Å²) in [4.78, 5) is 9.07. The Balaban J connectivity index is 2.45. The van der Waals surface area contributed by atoms with Gasteiger partial charge in [-0.15, -0.1) is 0 Å². The molecule has 0 aliphatic heterocycles. The van der Waals surface area contributed by atoms with Crippen molar-refractivity contribution in [2.75, 3.05) is 21.3 Å². The molecule has 1 unspecified atom stereocenters. The zero-order valence-corrected chi connectivity index (χ0v) is 13.1. The number of nitrogens with zero attached hydrogens (tertiary/aromatic N) is 2. The van der Waals surface area contributed by atoms with E-state index in [1.165, 1.54) is 0 Å². The summed E-state index contributed by atoms with van der Waals surface area (Å²) in [6.07, 6.45) is 1.87. The summed E-state index contributed by atoms with van der Waals surface area (Å²) in [7, 11) is 5.18. The van der Waals surface area contributed by atoms with Crippen LogP contribution in [0.25, 0.3) is 11.4 Å². The maximum Gasteiger partial charge on any atom is 0.159 e. The second kappa shape index (κ2) is 6.54. The van der Waals surface area contributed by atoms with Gasteiger partial charge in [-0.3, -0.25) is 0 Å². The number of nitrogens with one attached hydrogen (secondary N) is 1. The first-order chi connectivity index (χ1) is 10.1. The second-order valence-corrected chi connectivity index (χ2v) is 4.85. The number of ether oxygens (including phenoxy) is 2. The molecule has 1 aromatic carbocycles. The van der Waals surface area contributed by atoms with Crippen molar-refractivity contribution < 1.29 is 9.47 Å². The van der Waals surface area contributed by atoms with Crippen LogP contribution in [0, 0.1) is 6.92 Å². The summed E-state index contributed by atoms with van der Waals surface area (Å²) in [5.41, 5.74) is 2.93. The van der Waals surface area contributed by atoms with Crippen LogP contribution < -0.4 is 14.8 Å². The van der Waals surface area contributed by atoms with E-state index in [1.807, 2.05) is 38.4 Å². The van der Waals surface area contributed by atoms with Crippen LogP contribution in [0.5, 0.6) is 11.5 Å². The fourth-order valence-electron chi connectivity index (χ4n) is 2.13. The first kappa shape index (κ1) is 15.3. The Morgan fingerprint density at radius 2 is 1.71 bits per heavy atom. The van der Waals surface area contributed by atoms with Crippen LogP contribution in [0.2, 0.25) is 0 Å². The van der Waals surface area contributed by atoms with Crippen LogP contribution in [0.15, 0.2) is 24.4 Å². The standard InChI is InChI=1S/C16H21N3O2/c1-10(17-3)15-9-18-16(19-11(15)2)12-6-13(20-4)8-14(7-12)21-5/h6-10,17H,1-5H3. The molecule has 0 saturated carbocycles. The molecular weight excluding hydrogens is 266 g/mol. The molecule has 0 radical (unpaired) electrons. The van der Waals surface area contributed by atoms with Gasteiger partial charge in [-0.25, -0.2) is 9.97 Å². The Bertz CT molecular complexity index is 607. The number of rotatable bonds is 5. The molecule has 0 bridgehead atoms. The van der Waals surface area contributed by atoms with E-state index < -0.39 is 0 Å². The van der Waals surface area contributed by atoms with Gasteiger partial charge in [-0.05, 0) is 33.0 Å². The van der Waals surface area contributed by atoms with Crippen molar-refractivity contribution in [3.63, 3.8) is 0 Å². The zero-order chi connectivity index (χ0) is 15.4. The molecule has 0 amide bonds. The molecule has 0 saturated heterocycles. The Kier molecular flexibility index (Phi) is 4.75. The van der Waals surface area contributed by atoms with Gasteiger partial charge in [0.15, 0.2) is 5.82 Å². The average Bonchev–Trinajstić information content (AvgIpc) is 2.53. The number of aryl methyl sites for hydroxylation is 1. The predicted molar refractivity (Wildman–Crippen MR) is 82.8 cm³/mol. The molecule has 1 N–H and O–H groups in total. The normalized spacial score (nSPS) is 12.0. The average molecular weight is 287 g/mol. The van der Waals surface area contributed by atoms with Crippen molar-refractivity contribution >= 4 is 0 Å². The lowest BCUT2D eigenvalue weighted by Crippen LogP contribution is -2.14. The van der Waals surface area contributed by atoms with Gasteiger partial charge in [-0.1, -0.05) is 0 Å². The van der Waals surface area contributed by atoms with E-state index in [1.54, 1.807) is 14.2 Å². The lowest BCUT2D eigenvalue weighted by molar-refractivity contribution is 0.394. The van der Waals surface area contributed by atoms with Crippen LogP contribution in [0.3, 0.4) is 0 Å². The molecule has 1 atom stereocenters. The lowest BCUT2D eigenvalue weighted by atomic mass is 10.1. The minimum absolute atomic E-state index is 0.221. The number of hydrogen-bond acceptors (Lipinski definition) is 5. The van der Waals surface area contributed by atoms with Crippen molar-refractivity contribution in [3.8, 4) is 22.9 Å². The van der Waals surface area contributed by atoms with Crippen molar-refractivity contribution in [3.05, 3.63) is 35.7 Å². The SMILES string of the molecule is CNC(C)c1cnc(-c2cc(OC)cc(OC)c2)nc1C. The molecule has 0 aliphatic carbocycles. The third-order valence-electron chi connectivity index (χ3n) is 3.53. The monoisotopic (exact) mass is 287 g/mol. The fourth-order valence-corrected chi connectivity index (χ4v) is 2.13. The van der Waals surface area contributed by atoms with Gasteiger partial charge in [-0.2, -0.15) is 0 Å². The fraction of sp³-hybridized carbons (Fsp3) is 0.375. The molecule has 5 nitrogen and oxygen atoms in total. The van der Waals surface area contributed by atoms with E-state index >= 15 is 0 Å². The maximum atomic E-state index is 5.28. The molecule has 1 aromatic heterocycles. The summed E-state index contributed by atoms with van der Waals surface area (Å²) in [6, 6.07) is 5.85. The van der Waals surface area contributed by atoms with Crippen LogP contribution in [0.1, 0.15) is 24.2 Å². The van der Waals surface area contributed by atoms with E-state index in [-0.39, 0.29) is 6.04 Å². The van der Waals surface area contributed by atoms with Gasteiger partial charge in [0.05, 0.1) is 14.2 Å². The van der Waals surface area contributed by atoms with E-state index in [9.17, 15) is 0 Å². The number of hydrogen-bond donors (Lipinski definition) is 1. The Labute approximate surface area is 125 Å². The van der Waals surface area contributed by atoms with E-state index in [4.69, 9.17) is 9.47 Å². The highest BCUT2D eigenvalue weighted by molar-refractivity contribution is 5.61. The molecular formula is C16H21N3O2. The van der Waals surface area contributed by atoms with Crippen LogP contribution in [0.4, 0.5) is 0 Å². The highest BCUT2D eigenvalue weighted by Gasteiger charge is 2.12. The van der Waals surface area contributed by atoms with E-state index in [0.717, 1.165) is 28.3 Å². The summed E-state index contributed by atoms with van der Waals surface area (Å²) in [5.74, 6) is 2.10. The molecule has 2 aromatic rings. The molecule has 1 heterocycles. The van der Waals surface area contributed by atoms with Gasteiger partial charge >= 0.3 is 0 Å². The van der Waals surface area contributed by atoms with Crippen molar-refractivity contribution in [1.29, 1.82) is 0 Å². The third-order valence-corrected chi connectivity index (χ3v) is 3.53. The Morgan fingerprint density at radius 1 is 1.10 bits per heavy atom. The van der Waals surface area contributed by atoms with Crippen LogP contribution >= 0.6 is 0 Å². The van der Waals surface area contributed by atoms with Crippen LogP contribution in [-0.4, -0.2) is 31.2 Å². The number of methoxy groups -OCH3 is 2. The molecule has 0 aliphatic rings. The summed E-state index contributed by atoms with van der Waals surface area (Å²) in [6.45, 7) is 4.08. The topological polar surface area (TPSA) is 56.3 Å². The third kappa shape index (κ3) is 3.31. The number of benzene rings is 1. The number of aromatic nitrogens is 2. The van der Waals surface area contributed by atoms with Crippen LogP contribution in [-0.2, 0) is 0 Å². The molecule has 5 heteroatoms. The van der Waals surface area contributed by atoms with E-state index in [0.29, 0.717) is 5.82 Å². The summed E-state index contributed by atoms with van der Waals surface area (Å²) < 4.78 is 10.6. The summed E-state index contributed by atoms with van der Waals surface area (Å²) in [5, 5.41) is 3.20. The highest BCUT2D eigenvalue weighted by Crippen LogP contribution is 2.28. The predicted octanol–water partition coefficient (Wildman–Crippen LogP) is 2.75. The molecule has 2 rings (SSSR count). The van der Waals surface area contributed by atoms with Crippen molar-refractivity contribution in [1.82, 2.24) is 15.3 Å². The minimum Gasteiger partial charge on any atom is -0.497 e. The maximum absolute atomic E-state index is 5.28. The van der Waals surface area contributed by atoms with Gasteiger partial charge in [0.1, 0.15) is 11.5 Å². The first-order valence-corrected chi connectivity index (χ1v) is 6.83. The Morgan fingerprint density at radius 3 is 2.19 bits per heavy atom. The molecule has 21 heavy (non-hydrogen) atoms. The van der Waals surface area contributed by atoms with Gasteiger partial charge in [0.25, 0.3) is 0 Å². The zero-order valence-electron chi connectivity index (χ0n) is 13.1. The van der Waals surface area contributed by atoms with Gasteiger partial charge in [0, 0.05) is 35.1 Å². The van der Waals surface area contributed by atoms with Crippen molar-refractivity contribution in [2.45, 2.75) is 19.9 Å². The lowest BCUT2D eigenvalue weighted by Gasteiger charge is -2.14. The second-order valence-electron chi connectivity index (χ2n) is 4.85. The quantitative estimate of drug-likeness (QED) is 0.916. The van der Waals surface area contributed by atoms with Gasteiger partial charge in [0.2, 0.25) is 0 Å². The molecule has 0 spiro atoms. The minimum atomic E-state index is 0.221. The Hall–Kier alpha value is -2.14. The van der Waals surface area contributed by atoms with Crippen molar-refractivity contribution in [2.24, 2.45) is 0 Å². The van der Waals surface area contributed by atoms with E-state index in [2.05, 4.69) is 22.2 Å². The largest absolute Gasteiger partial charge is 0.497 e. The first-order valence-electron chi connectivity index (χ1n) is 6.83. The smallest absolute Gasteiger partial charge is 0.159 e. The summed E-state index contributed by atoms with van der Waals surface area (Å²) >= 11 is 0. The molecule has 0 fully saturated rings. The van der Waals surface area contributed by atoms with Gasteiger partial charge < -0.3 is 14.8 Å². The highest BCUT2D eigenvalue weighted by atomic mass is 16.5. The molecule has 112 valence electrons.